The summed E-state index contributed by atoms with van der Waals surface area (Å²) in [5.41, 5.74) is 1.99. The Morgan fingerprint density at radius 2 is 1.69 bits per heavy atom. The molecule has 0 saturated carbocycles. The Morgan fingerprint density at radius 3 is 2.42 bits per heavy atom. The fourth-order valence-corrected chi connectivity index (χ4v) is 3.57. The van der Waals surface area contributed by atoms with Gasteiger partial charge in [0.1, 0.15) is 24.4 Å². The molecular weight excluding hydrogens is 332 g/mol. The van der Waals surface area contributed by atoms with Gasteiger partial charge >= 0.3 is 0 Å². The van der Waals surface area contributed by atoms with Crippen LogP contribution in [0.15, 0.2) is 60.7 Å². The van der Waals surface area contributed by atoms with Crippen molar-refractivity contribution >= 4 is 0 Å². The Bertz CT molecular complexity index is 692. The van der Waals surface area contributed by atoms with Crippen molar-refractivity contribution in [1.29, 1.82) is 0 Å². The van der Waals surface area contributed by atoms with Crippen LogP contribution >= 0.6 is 0 Å². The van der Waals surface area contributed by atoms with E-state index in [-0.39, 0.29) is 12.2 Å². The van der Waals surface area contributed by atoms with Crippen LogP contribution < -0.4 is 0 Å². The number of ether oxygens (including phenoxy) is 4. The van der Waals surface area contributed by atoms with E-state index in [1.165, 1.54) is 0 Å². The van der Waals surface area contributed by atoms with Gasteiger partial charge in [0, 0.05) is 5.56 Å². The van der Waals surface area contributed by atoms with Crippen LogP contribution in [0.5, 0.6) is 0 Å². The van der Waals surface area contributed by atoms with Crippen molar-refractivity contribution in [2.45, 2.75) is 50.3 Å². The van der Waals surface area contributed by atoms with E-state index in [0.29, 0.717) is 13.2 Å². The summed E-state index contributed by atoms with van der Waals surface area (Å²) in [7, 11) is 0. The third-order valence-electron chi connectivity index (χ3n) is 4.94. The molecule has 2 aliphatic heterocycles. The molecular formula is C21H24O5. The number of aliphatic hydroxyl groups is 1. The normalized spacial score (nSPS) is 34.2. The molecule has 0 aliphatic carbocycles. The van der Waals surface area contributed by atoms with E-state index in [1.807, 2.05) is 67.6 Å². The molecule has 2 saturated heterocycles. The summed E-state index contributed by atoms with van der Waals surface area (Å²) in [6, 6.07) is 19.6. The number of hydrogen-bond donors (Lipinski definition) is 1. The van der Waals surface area contributed by atoms with Crippen LogP contribution in [-0.2, 0) is 25.6 Å². The first-order chi connectivity index (χ1) is 12.7. The van der Waals surface area contributed by atoms with Gasteiger partial charge in [-0.25, -0.2) is 0 Å². The molecule has 2 heterocycles. The van der Waals surface area contributed by atoms with E-state index in [1.54, 1.807) is 0 Å². The highest BCUT2D eigenvalue weighted by Crippen LogP contribution is 2.35. The maximum Gasteiger partial charge on any atom is 0.184 e. The average molecular weight is 356 g/mol. The summed E-state index contributed by atoms with van der Waals surface area (Å²) < 4.78 is 23.8. The van der Waals surface area contributed by atoms with Crippen LogP contribution in [0.25, 0.3) is 0 Å². The summed E-state index contributed by atoms with van der Waals surface area (Å²) in [6.07, 6.45) is -2.75. The number of aliphatic hydroxyl groups excluding tert-OH is 1. The second-order valence-electron chi connectivity index (χ2n) is 6.81. The Labute approximate surface area is 153 Å². The van der Waals surface area contributed by atoms with Crippen LogP contribution in [0.3, 0.4) is 0 Å². The lowest BCUT2D eigenvalue weighted by molar-refractivity contribution is -0.331. The maximum atomic E-state index is 10.9. The predicted octanol–water partition coefficient (Wildman–Crippen LogP) is 2.83. The van der Waals surface area contributed by atoms with Crippen LogP contribution in [0.4, 0.5) is 0 Å². The molecule has 2 aromatic carbocycles. The highest BCUT2D eigenvalue weighted by atomic mass is 16.7. The van der Waals surface area contributed by atoms with Crippen molar-refractivity contribution in [3.63, 3.8) is 0 Å². The molecule has 26 heavy (non-hydrogen) atoms. The van der Waals surface area contributed by atoms with Gasteiger partial charge in [-0.1, -0.05) is 60.7 Å². The van der Waals surface area contributed by atoms with Gasteiger partial charge in [-0.05, 0) is 12.5 Å². The van der Waals surface area contributed by atoms with Crippen LogP contribution in [0.2, 0.25) is 0 Å². The molecule has 0 spiro atoms. The van der Waals surface area contributed by atoms with Gasteiger partial charge in [0.25, 0.3) is 0 Å². The van der Waals surface area contributed by atoms with E-state index in [4.69, 9.17) is 18.9 Å². The van der Waals surface area contributed by atoms with Gasteiger partial charge in [-0.3, -0.25) is 0 Å². The third kappa shape index (κ3) is 3.68. The molecule has 0 bridgehead atoms. The monoisotopic (exact) mass is 356 g/mol. The average Bonchev–Trinajstić information content (AvgIpc) is 2.69. The molecule has 5 nitrogen and oxygen atoms in total. The molecule has 0 aromatic heterocycles. The maximum absolute atomic E-state index is 10.9. The fraction of sp³-hybridized carbons (Fsp3) is 0.429. The van der Waals surface area contributed by atoms with Gasteiger partial charge < -0.3 is 24.1 Å². The number of benzene rings is 2. The van der Waals surface area contributed by atoms with Crippen molar-refractivity contribution in [3.05, 3.63) is 71.8 Å². The molecule has 6 atom stereocenters. The minimum Gasteiger partial charge on any atom is -0.387 e. The number of rotatable bonds is 4. The van der Waals surface area contributed by atoms with Crippen molar-refractivity contribution in [2.75, 3.05) is 6.61 Å². The highest BCUT2D eigenvalue weighted by molar-refractivity contribution is 5.17. The zero-order valence-corrected chi connectivity index (χ0v) is 14.7. The molecule has 2 fully saturated rings. The Morgan fingerprint density at radius 1 is 1.00 bits per heavy atom. The molecule has 0 amide bonds. The zero-order valence-electron chi connectivity index (χ0n) is 14.7. The van der Waals surface area contributed by atoms with E-state index < -0.39 is 24.6 Å². The molecule has 3 unspecified atom stereocenters. The van der Waals surface area contributed by atoms with Crippen molar-refractivity contribution in [3.8, 4) is 0 Å². The largest absolute Gasteiger partial charge is 0.387 e. The summed E-state index contributed by atoms with van der Waals surface area (Å²) in [4.78, 5) is 0. The highest BCUT2D eigenvalue weighted by Gasteiger charge is 2.48. The van der Waals surface area contributed by atoms with Crippen LogP contribution in [0, 0.1) is 0 Å². The van der Waals surface area contributed by atoms with Gasteiger partial charge in [0.2, 0.25) is 0 Å². The summed E-state index contributed by atoms with van der Waals surface area (Å²) >= 11 is 0. The second kappa shape index (κ2) is 7.86. The predicted molar refractivity (Wildman–Crippen MR) is 95.4 cm³/mol. The quantitative estimate of drug-likeness (QED) is 0.913. The minimum atomic E-state index is -0.775. The Hall–Kier alpha value is -1.76. The minimum absolute atomic E-state index is 0.240. The first kappa shape index (κ1) is 17.6. The second-order valence-corrected chi connectivity index (χ2v) is 6.81. The van der Waals surface area contributed by atoms with Gasteiger partial charge in [0.15, 0.2) is 6.29 Å². The zero-order chi connectivity index (χ0) is 17.9. The standard InChI is InChI=1S/C21H24O5/c1-14-19(23-12-15-8-4-2-5-9-15)18(22)20-17(25-14)13-24-21(26-20)16-10-6-3-7-11-16/h2-11,14,17-22H,12-13H2,1H3/t14-,17?,18+,19?,20+,21?/m0/s1. The van der Waals surface area contributed by atoms with Gasteiger partial charge in [-0.2, -0.15) is 0 Å². The van der Waals surface area contributed by atoms with E-state index in [2.05, 4.69) is 0 Å². The van der Waals surface area contributed by atoms with Crippen molar-refractivity contribution in [2.24, 2.45) is 0 Å². The smallest absolute Gasteiger partial charge is 0.184 e. The molecule has 2 aliphatic rings. The van der Waals surface area contributed by atoms with E-state index in [9.17, 15) is 5.11 Å². The lowest BCUT2D eigenvalue weighted by atomic mass is 9.94. The Kier molecular flexibility index (Phi) is 5.33. The molecule has 1 N–H and O–H groups in total. The number of hydrogen-bond acceptors (Lipinski definition) is 5. The van der Waals surface area contributed by atoms with Gasteiger partial charge in [0.05, 0.1) is 19.3 Å². The summed E-state index contributed by atoms with van der Waals surface area (Å²) in [5, 5.41) is 10.9. The fourth-order valence-electron chi connectivity index (χ4n) is 3.57. The Balaban J connectivity index is 1.44. The van der Waals surface area contributed by atoms with Gasteiger partial charge in [-0.15, -0.1) is 0 Å². The van der Waals surface area contributed by atoms with Crippen molar-refractivity contribution in [1.82, 2.24) is 0 Å². The first-order valence-corrected chi connectivity index (χ1v) is 9.03. The summed E-state index contributed by atoms with van der Waals surface area (Å²) in [6.45, 7) is 2.72. The molecule has 4 rings (SSSR count). The molecule has 0 radical (unpaired) electrons. The molecule has 2 aromatic rings. The van der Waals surface area contributed by atoms with Crippen LogP contribution in [0.1, 0.15) is 24.3 Å². The lowest BCUT2D eigenvalue weighted by Gasteiger charge is -2.47. The van der Waals surface area contributed by atoms with Crippen LogP contribution in [-0.4, -0.2) is 42.2 Å². The molecule has 5 heteroatoms. The van der Waals surface area contributed by atoms with E-state index in [0.717, 1.165) is 11.1 Å². The molecule has 138 valence electrons. The lowest BCUT2D eigenvalue weighted by Crippen LogP contribution is -2.61. The third-order valence-corrected chi connectivity index (χ3v) is 4.94. The number of fused-ring (bicyclic) bond motifs is 1. The SMILES string of the molecule is C[C@@H]1OC2COC(c3ccccc3)O[C@H]2[C@H](O)C1OCc1ccccc1. The first-order valence-electron chi connectivity index (χ1n) is 9.03. The topological polar surface area (TPSA) is 57.2 Å². The van der Waals surface area contributed by atoms with Crippen molar-refractivity contribution < 1.29 is 24.1 Å². The summed E-state index contributed by atoms with van der Waals surface area (Å²) in [5.74, 6) is 0. The van der Waals surface area contributed by atoms with E-state index >= 15 is 0 Å².